The van der Waals surface area contributed by atoms with Crippen molar-refractivity contribution < 1.29 is 0 Å². The first kappa shape index (κ1) is 15.0. The Morgan fingerprint density at radius 1 is 1.29 bits per heavy atom. The molecule has 0 spiro atoms. The fourth-order valence-corrected chi connectivity index (χ4v) is 3.05. The molecular weight excluding hydrogens is 250 g/mol. The molecule has 1 nitrogen and oxygen atoms in total. The zero-order valence-electron chi connectivity index (χ0n) is 11.2. The minimum Gasteiger partial charge on any atom is -0.316 e. The first-order chi connectivity index (χ1) is 8.09. The number of nitrogens with one attached hydrogen (secondary N) is 1. The maximum Gasteiger partial charge on any atom is 0.0960 e. The molecule has 0 aliphatic carbocycles. The lowest BCUT2D eigenvalue weighted by atomic mass is 10.1. The fourth-order valence-electron chi connectivity index (χ4n) is 1.76. The summed E-state index contributed by atoms with van der Waals surface area (Å²) in [5.74, 6) is 0.756. The molecule has 0 unspecified atom stereocenters. The molecule has 98 valence electrons. The summed E-state index contributed by atoms with van der Waals surface area (Å²) in [6.45, 7) is 8.87. The van der Waals surface area contributed by atoms with Crippen molar-refractivity contribution in [2.75, 3.05) is 13.1 Å². The SMILES string of the molecule is Cc1cc(CCCCCNCC(C)C)sc1Cl. The molecule has 0 atom stereocenters. The average molecular weight is 274 g/mol. The Labute approximate surface area is 115 Å². The number of thiophene rings is 1. The van der Waals surface area contributed by atoms with Crippen molar-refractivity contribution in [2.45, 2.75) is 46.5 Å². The van der Waals surface area contributed by atoms with Gasteiger partial charge in [0.2, 0.25) is 0 Å². The van der Waals surface area contributed by atoms with Crippen LogP contribution in [0.2, 0.25) is 4.34 Å². The van der Waals surface area contributed by atoms with E-state index in [1.54, 1.807) is 11.3 Å². The summed E-state index contributed by atoms with van der Waals surface area (Å²) in [5, 5.41) is 3.48. The van der Waals surface area contributed by atoms with E-state index in [0.717, 1.165) is 23.3 Å². The number of rotatable bonds is 8. The largest absolute Gasteiger partial charge is 0.316 e. The van der Waals surface area contributed by atoms with Crippen LogP contribution in [0.3, 0.4) is 0 Å². The Morgan fingerprint density at radius 3 is 2.65 bits per heavy atom. The molecule has 0 aliphatic rings. The summed E-state index contributed by atoms with van der Waals surface area (Å²) in [6.07, 6.45) is 5.05. The topological polar surface area (TPSA) is 12.0 Å². The number of aryl methyl sites for hydroxylation is 2. The lowest BCUT2D eigenvalue weighted by molar-refractivity contribution is 0.530. The second-order valence-corrected chi connectivity index (χ2v) is 6.82. The van der Waals surface area contributed by atoms with E-state index in [1.165, 1.54) is 36.1 Å². The maximum absolute atomic E-state index is 6.05. The lowest BCUT2D eigenvalue weighted by Crippen LogP contribution is -2.20. The summed E-state index contributed by atoms with van der Waals surface area (Å²) < 4.78 is 0.957. The van der Waals surface area contributed by atoms with E-state index in [0.29, 0.717) is 0 Å². The smallest absolute Gasteiger partial charge is 0.0960 e. The zero-order chi connectivity index (χ0) is 12.7. The van der Waals surface area contributed by atoms with E-state index < -0.39 is 0 Å². The van der Waals surface area contributed by atoms with Crippen LogP contribution in [0.1, 0.15) is 43.6 Å². The molecule has 0 aromatic carbocycles. The standard InChI is InChI=1S/C14H24ClNS/c1-11(2)10-16-8-6-4-5-7-13-9-12(3)14(15)17-13/h9,11,16H,4-8,10H2,1-3H3. The third-order valence-corrected chi connectivity index (χ3v) is 4.35. The van der Waals surface area contributed by atoms with Gasteiger partial charge in [0.05, 0.1) is 4.34 Å². The molecule has 0 saturated carbocycles. The predicted octanol–water partition coefficient (Wildman–Crippen LogP) is 4.67. The third-order valence-electron chi connectivity index (χ3n) is 2.74. The van der Waals surface area contributed by atoms with Crippen LogP contribution in [0.5, 0.6) is 0 Å². The minimum atomic E-state index is 0.756. The number of hydrogen-bond acceptors (Lipinski definition) is 2. The van der Waals surface area contributed by atoms with Gasteiger partial charge in [0, 0.05) is 4.88 Å². The van der Waals surface area contributed by atoms with Crippen molar-refractivity contribution in [3.63, 3.8) is 0 Å². The molecule has 0 radical (unpaired) electrons. The third kappa shape index (κ3) is 6.44. The first-order valence-corrected chi connectivity index (χ1v) is 7.74. The summed E-state index contributed by atoms with van der Waals surface area (Å²) in [5.41, 5.74) is 1.23. The zero-order valence-corrected chi connectivity index (χ0v) is 12.8. The van der Waals surface area contributed by atoms with Gasteiger partial charge in [0.25, 0.3) is 0 Å². The van der Waals surface area contributed by atoms with Gasteiger partial charge in [-0.2, -0.15) is 0 Å². The van der Waals surface area contributed by atoms with Crippen LogP contribution in [-0.2, 0) is 6.42 Å². The van der Waals surface area contributed by atoms with Crippen molar-refractivity contribution in [1.82, 2.24) is 5.32 Å². The summed E-state index contributed by atoms with van der Waals surface area (Å²) in [7, 11) is 0. The van der Waals surface area contributed by atoms with Crippen molar-refractivity contribution in [3.8, 4) is 0 Å². The van der Waals surface area contributed by atoms with Gasteiger partial charge < -0.3 is 5.32 Å². The highest BCUT2D eigenvalue weighted by atomic mass is 35.5. The average Bonchev–Trinajstić information content (AvgIpc) is 2.56. The van der Waals surface area contributed by atoms with Crippen LogP contribution >= 0.6 is 22.9 Å². The Balaban J connectivity index is 2.01. The van der Waals surface area contributed by atoms with E-state index in [4.69, 9.17) is 11.6 Å². The van der Waals surface area contributed by atoms with Crippen LogP contribution in [0, 0.1) is 12.8 Å². The van der Waals surface area contributed by atoms with E-state index >= 15 is 0 Å². The van der Waals surface area contributed by atoms with E-state index in [2.05, 4.69) is 32.2 Å². The van der Waals surface area contributed by atoms with Crippen LogP contribution in [-0.4, -0.2) is 13.1 Å². The minimum absolute atomic E-state index is 0.756. The van der Waals surface area contributed by atoms with Gasteiger partial charge in [-0.1, -0.05) is 31.9 Å². The van der Waals surface area contributed by atoms with E-state index in [1.807, 2.05) is 0 Å². The van der Waals surface area contributed by atoms with Gasteiger partial charge in [-0.3, -0.25) is 0 Å². The van der Waals surface area contributed by atoms with Gasteiger partial charge in [-0.05, 0) is 56.8 Å². The second-order valence-electron chi connectivity index (χ2n) is 5.08. The van der Waals surface area contributed by atoms with Crippen LogP contribution in [0.15, 0.2) is 6.07 Å². The molecule has 1 N–H and O–H groups in total. The normalized spacial score (nSPS) is 11.4. The van der Waals surface area contributed by atoms with Gasteiger partial charge in [0.1, 0.15) is 0 Å². The van der Waals surface area contributed by atoms with Crippen LogP contribution in [0.25, 0.3) is 0 Å². The number of hydrogen-bond donors (Lipinski definition) is 1. The number of halogens is 1. The highest BCUT2D eigenvalue weighted by Gasteiger charge is 2.02. The van der Waals surface area contributed by atoms with Crippen molar-refractivity contribution in [3.05, 3.63) is 20.8 Å². The molecule has 0 saturated heterocycles. The van der Waals surface area contributed by atoms with Crippen molar-refractivity contribution >= 4 is 22.9 Å². The van der Waals surface area contributed by atoms with E-state index in [9.17, 15) is 0 Å². The summed E-state index contributed by atoms with van der Waals surface area (Å²) in [4.78, 5) is 1.43. The molecule has 1 aromatic rings. The Morgan fingerprint density at radius 2 is 2.06 bits per heavy atom. The monoisotopic (exact) mass is 273 g/mol. The quantitative estimate of drug-likeness (QED) is 0.679. The Hall–Kier alpha value is -0.0500. The maximum atomic E-state index is 6.05. The molecule has 17 heavy (non-hydrogen) atoms. The molecule has 1 heterocycles. The Kier molecular flexibility index (Phi) is 7.17. The van der Waals surface area contributed by atoms with Crippen LogP contribution < -0.4 is 5.32 Å². The van der Waals surface area contributed by atoms with Crippen molar-refractivity contribution in [1.29, 1.82) is 0 Å². The molecule has 1 rings (SSSR count). The second kappa shape index (κ2) is 8.12. The van der Waals surface area contributed by atoms with E-state index in [-0.39, 0.29) is 0 Å². The van der Waals surface area contributed by atoms with Gasteiger partial charge in [0.15, 0.2) is 0 Å². The summed E-state index contributed by atoms with van der Waals surface area (Å²) in [6, 6.07) is 2.23. The predicted molar refractivity (Wildman–Crippen MR) is 79.3 cm³/mol. The highest BCUT2D eigenvalue weighted by molar-refractivity contribution is 7.16. The highest BCUT2D eigenvalue weighted by Crippen LogP contribution is 2.27. The van der Waals surface area contributed by atoms with Crippen LogP contribution in [0.4, 0.5) is 0 Å². The molecule has 0 bridgehead atoms. The molecule has 3 heteroatoms. The van der Waals surface area contributed by atoms with Gasteiger partial charge in [-0.25, -0.2) is 0 Å². The number of unbranched alkanes of at least 4 members (excludes halogenated alkanes) is 2. The van der Waals surface area contributed by atoms with Crippen molar-refractivity contribution in [2.24, 2.45) is 5.92 Å². The van der Waals surface area contributed by atoms with Gasteiger partial charge in [-0.15, -0.1) is 11.3 Å². The summed E-state index contributed by atoms with van der Waals surface area (Å²) >= 11 is 7.79. The van der Waals surface area contributed by atoms with Gasteiger partial charge >= 0.3 is 0 Å². The fraction of sp³-hybridized carbons (Fsp3) is 0.714. The molecule has 0 aliphatic heterocycles. The molecular formula is C14H24ClNS. The molecule has 0 amide bonds. The first-order valence-electron chi connectivity index (χ1n) is 6.55. The molecule has 0 fully saturated rings. The lowest BCUT2D eigenvalue weighted by Gasteiger charge is -2.06. The Bertz CT molecular complexity index is 301. The molecule has 1 aromatic heterocycles.